The fourth-order valence-electron chi connectivity index (χ4n) is 2.72. The number of hydrogen-bond donors (Lipinski definition) is 1. The Balaban J connectivity index is 2.12. The Bertz CT molecular complexity index is 481. The van der Waals surface area contributed by atoms with Crippen LogP contribution in [0.25, 0.3) is 0 Å². The van der Waals surface area contributed by atoms with Gasteiger partial charge < -0.3 is 9.84 Å². The first-order chi connectivity index (χ1) is 9.10. The standard InChI is InChI=1S/C15H18O4/c1-19-13-4-2-3-10(8-13)11-5-6-14(16)12(7-11)9-15(17)18/h2-4,8,11-12H,5-7,9H2,1H3,(H,17,18)/t11-,12?/m0/s1. The van der Waals surface area contributed by atoms with E-state index in [2.05, 4.69) is 0 Å². The largest absolute Gasteiger partial charge is 0.497 e. The van der Waals surface area contributed by atoms with Gasteiger partial charge in [-0.1, -0.05) is 12.1 Å². The summed E-state index contributed by atoms with van der Waals surface area (Å²) in [4.78, 5) is 22.5. The zero-order chi connectivity index (χ0) is 13.8. The highest BCUT2D eigenvalue weighted by Crippen LogP contribution is 2.36. The number of benzene rings is 1. The first-order valence-electron chi connectivity index (χ1n) is 6.48. The molecule has 0 aliphatic heterocycles. The molecule has 0 amide bonds. The van der Waals surface area contributed by atoms with E-state index in [1.54, 1.807) is 7.11 Å². The Hall–Kier alpha value is -1.84. The van der Waals surface area contributed by atoms with Crippen molar-refractivity contribution >= 4 is 11.8 Å². The molecule has 102 valence electrons. The van der Waals surface area contributed by atoms with Gasteiger partial charge in [0.25, 0.3) is 0 Å². The van der Waals surface area contributed by atoms with Gasteiger partial charge in [-0.2, -0.15) is 0 Å². The van der Waals surface area contributed by atoms with Crippen LogP contribution in [0, 0.1) is 5.92 Å². The second kappa shape index (κ2) is 5.87. The maximum absolute atomic E-state index is 11.7. The fourth-order valence-corrected chi connectivity index (χ4v) is 2.72. The molecule has 1 unspecified atom stereocenters. The summed E-state index contributed by atoms with van der Waals surface area (Å²) in [5, 5.41) is 8.85. The maximum Gasteiger partial charge on any atom is 0.304 e. The summed E-state index contributed by atoms with van der Waals surface area (Å²) < 4.78 is 5.20. The van der Waals surface area contributed by atoms with Crippen molar-refractivity contribution in [2.24, 2.45) is 5.92 Å². The predicted molar refractivity (Wildman–Crippen MR) is 70.3 cm³/mol. The lowest BCUT2D eigenvalue weighted by Gasteiger charge is -2.27. The van der Waals surface area contributed by atoms with Gasteiger partial charge >= 0.3 is 5.97 Å². The lowest BCUT2D eigenvalue weighted by Crippen LogP contribution is -2.26. The summed E-state index contributed by atoms with van der Waals surface area (Å²) in [6.07, 6.45) is 1.83. The SMILES string of the molecule is COc1cccc([C@H]2CCC(=O)C(CC(=O)O)C2)c1. The number of carbonyl (C=O) groups is 2. The Morgan fingerprint density at radius 3 is 2.95 bits per heavy atom. The molecule has 19 heavy (non-hydrogen) atoms. The van der Waals surface area contributed by atoms with Crippen molar-refractivity contribution in [2.75, 3.05) is 7.11 Å². The molecule has 1 aromatic rings. The van der Waals surface area contributed by atoms with Crippen molar-refractivity contribution in [1.82, 2.24) is 0 Å². The molecule has 2 atom stereocenters. The minimum absolute atomic E-state index is 0.0562. The molecule has 1 N–H and O–H groups in total. The van der Waals surface area contributed by atoms with Gasteiger partial charge in [-0.15, -0.1) is 0 Å². The Morgan fingerprint density at radius 1 is 1.47 bits per heavy atom. The van der Waals surface area contributed by atoms with Crippen LogP contribution in [0.2, 0.25) is 0 Å². The number of rotatable bonds is 4. The van der Waals surface area contributed by atoms with Crippen molar-refractivity contribution in [3.05, 3.63) is 29.8 Å². The van der Waals surface area contributed by atoms with E-state index in [9.17, 15) is 9.59 Å². The topological polar surface area (TPSA) is 63.6 Å². The monoisotopic (exact) mass is 262 g/mol. The van der Waals surface area contributed by atoms with Crippen LogP contribution in [-0.4, -0.2) is 24.0 Å². The maximum atomic E-state index is 11.7. The van der Waals surface area contributed by atoms with Gasteiger partial charge in [-0.3, -0.25) is 9.59 Å². The molecule has 0 radical (unpaired) electrons. The van der Waals surface area contributed by atoms with Crippen LogP contribution < -0.4 is 4.74 Å². The molecule has 0 bridgehead atoms. The zero-order valence-electron chi connectivity index (χ0n) is 11.0. The van der Waals surface area contributed by atoms with Gasteiger partial charge in [0, 0.05) is 12.3 Å². The first-order valence-corrected chi connectivity index (χ1v) is 6.48. The smallest absolute Gasteiger partial charge is 0.304 e. The van der Waals surface area contributed by atoms with Gasteiger partial charge in [0.1, 0.15) is 11.5 Å². The van der Waals surface area contributed by atoms with Crippen molar-refractivity contribution in [2.45, 2.75) is 31.6 Å². The average Bonchev–Trinajstić information content (AvgIpc) is 2.41. The van der Waals surface area contributed by atoms with E-state index in [1.807, 2.05) is 24.3 Å². The van der Waals surface area contributed by atoms with Crippen LogP contribution in [0.1, 0.15) is 37.2 Å². The molecule has 4 nitrogen and oxygen atoms in total. The second-order valence-corrected chi connectivity index (χ2v) is 5.01. The van der Waals surface area contributed by atoms with E-state index < -0.39 is 5.97 Å². The van der Waals surface area contributed by atoms with Crippen molar-refractivity contribution in [3.8, 4) is 5.75 Å². The number of carbonyl (C=O) groups excluding carboxylic acids is 1. The van der Waals surface area contributed by atoms with Crippen LogP contribution in [0.15, 0.2) is 24.3 Å². The fraction of sp³-hybridized carbons (Fsp3) is 0.467. The molecule has 1 saturated carbocycles. The van der Waals surface area contributed by atoms with Gasteiger partial charge in [-0.05, 0) is 36.5 Å². The molecule has 1 fully saturated rings. The Labute approximate surface area is 112 Å². The number of ether oxygens (including phenoxy) is 1. The average molecular weight is 262 g/mol. The first kappa shape index (κ1) is 13.6. The normalized spacial score (nSPS) is 23.1. The number of Topliss-reactive ketones (excluding diaryl/α,β-unsaturated/α-hetero) is 1. The highest BCUT2D eigenvalue weighted by molar-refractivity contribution is 5.85. The van der Waals surface area contributed by atoms with Crippen LogP contribution in [0.5, 0.6) is 5.75 Å². The van der Waals surface area contributed by atoms with Gasteiger partial charge in [0.2, 0.25) is 0 Å². The summed E-state index contributed by atoms with van der Waals surface area (Å²) >= 11 is 0. The van der Waals surface area contributed by atoms with E-state index >= 15 is 0 Å². The van der Waals surface area contributed by atoms with Crippen molar-refractivity contribution in [3.63, 3.8) is 0 Å². The molecule has 0 spiro atoms. The zero-order valence-corrected chi connectivity index (χ0v) is 11.0. The second-order valence-electron chi connectivity index (χ2n) is 5.01. The highest BCUT2D eigenvalue weighted by Gasteiger charge is 2.31. The minimum atomic E-state index is -0.898. The molecular formula is C15H18O4. The molecule has 1 aromatic carbocycles. The third kappa shape index (κ3) is 3.34. The molecule has 1 aliphatic rings. The summed E-state index contributed by atoms with van der Waals surface area (Å²) in [7, 11) is 1.62. The lowest BCUT2D eigenvalue weighted by molar-refractivity contribution is -0.141. The summed E-state index contributed by atoms with van der Waals surface area (Å²) in [5.74, 6) is -0.116. The molecular weight excluding hydrogens is 244 g/mol. The Morgan fingerprint density at radius 2 is 2.26 bits per heavy atom. The molecule has 0 saturated heterocycles. The van der Waals surface area contributed by atoms with Crippen LogP contribution >= 0.6 is 0 Å². The number of methoxy groups -OCH3 is 1. The number of hydrogen-bond acceptors (Lipinski definition) is 3. The van der Waals surface area contributed by atoms with Crippen LogP contribution in [-0.2, 0) is 9.59 Å². The van der Waals surface area contributed by atoms with Crippen LogP contribution in [0.3, 0.4) is 0 Å². The van der Waals surface area contributed by atoms with E-state index in [0.717, 1.165) is 17.7 Å². The highest BCUT2D eigenvalue weighted by atomic mass is 16.5. The third-order valence-corrected chi connectivity index (χ3v) is 3.75. The van der Waals surface area contributed by atoms with E-state index in [0.29, 0.717) is 12.8 Å². The molecule has 0 aromatic heterocycles. The third-order valence-electron chi connectivity index (χ3n) is 3.75. The van der Waals surface area contributed by atoms with E-state index in [1.165, 1.54) is 0 Å². The van der Waals surface area contributed by atoms with E-state index in [-0.39, 0.29) is 24.0 Å². The van der Waals surface area contributed by atoms with E-state index in [4.69, 9.17) is 9.84 Å². The summed E-state index contributed by atoms with van der Waals surface area (Å²) in [6.45, 7) is 0. The quantitative estimate of drug-likeness (QED) is 0.906. The minimum Gasteiger partial charge on any atom is -0.497 e. The lowest BCUT2D eigenvalue weighted by atomic mass is 9.76. The molecule has 4 heteroatoms. The number of aliphatic carboxylic acids is 1. The Kier molecular flexibility index (Phi) is 4.20. The van der Waals surface area contributed by atoms with Crippen LogP contribution in [0.4, 0.5) is 0 Å². The molecule has 2 rings (SSSR count). The summed E-state index contributed by atoms with van der Waals surface area (Å²) in [5.41, 5.74) is 1.13. The summed E-state index contributed by atoms with van der Waals surface area (Å²) in [6, 6.07) is 7.79. The van der Waals surface area contributed by atoms with Crippen molar-refractivity contribution < 1.29 is 19.4 Å². The molecule has 0 heterocycles. The predicted octanol–water partition coefficient (Wildman–Crippen LogP) is 2.62. The van der Waals surface area contributed by atoms with Gasteiger partial charge in [-0.25, -0.2) is 0 Å². The number of carboxylic acids is 1. The van der Waals surface area contributed by atoms with Gasteiger partial charge in [0.15, 0.2) is 0 Å². The number of carboxylic acid groups (broad SMARTS) is 1. The molecule has 1 aliphatic carbocycles. The number of ketones is 1. The van der Waals surface area contributed by atoms with Gasteiger partial charge in [0.05, 0.1) is 13.5 Å². The van der Waals surface area contributed by atoms with Crippen molar-refractivity contribution in [1.29, 1.82) is 0 Å².